The lowest BCUT2D eigenvalue weighted by Crippen LogP contribution is -2.14. The van der Waals surface area contributed by atoms with Gasteiger partial charge in [0.15, 0.2) is 0 Å². The van der Waals surface area contributed by atoms with E-state index in [4.69, 9.17) is 4.74 Å². The van der Waals surface area contributed by atoms with Crippen molar-refractivity contribution in [3.63, 3.8) is 0 Å². The minimum atomic E-state index is -0.146. The van der Waals surface area contributed by atoms with Crippen molar-refractivity contribution in [2.45, 2.75) is 26.2 Å². The number of nitrogens with one attached hydrogen (secondary N) is 1. The maximum Gasteiger partial charge on any atom is 0.259 e. The molecule has 0 atom stereocenters. The van der Waals surface area contributed by atoms with E-state index in [1.807, 2.05) is 42.5 Å². The van der Waals surface area contributed by atoms with Crippen LogP contribution in [-0.4, -0.2) is 12.5 Å². The number of hydrogen-bond donors (Lipinski definition) is 1. The van der Waals surface area contributed by atoms with Crippen LogP contribution in [0.3, 0.4) is 0 Å². The fourth-order valence-electron chi connectivity index (χ4n) is 2.05. The molecule has 0 aliphatic rings. The van der Waals surface area contributed by atoms with Gasteiger partial charge in [-0.1, -0.05) is 31.9 Å². The Morgan fingerprint density at radius 2 is 1.82 bits per heavy atom. The first kappa shape index (κ1) is 16.8. The average Bonchev–Trinajstić information content (AvgIpc) is 2.54. The lowest BCUT2D eigenvalue weighted by atomic mass is 10.2. The number of halogens is 1. The molecule has 0 heterocycles. The number of benzene rings is 2. The molecule has 0 spiro atoms. The third kappa shape index (κ3) is 5.02. The first-order valence-corrected chi connectivity index (χ1v) is 8.57. The minimum absolute atomic E-state index is 0.146. The predicted molar refractivity (Wildman–Crippen MR) is 98.6 cm³/mol. The van der Waals surface area contributed by atoms with Crippen molar-refractivity contribution in [1.29, 1.82) is 0 Å². The molecule has 0 saturated carbocycles. The summed E-state index contributed by atoms with van der Waals surface area (Å²) < 4.78 is 6.89. The number of unbranched alkanes of at least 4 members (excludes halogenated alkanes) is 2. The number of rotatable bonds is 7. The Hall–Kier alpha value is -1.56. The standard InChI is InChI=1S/C18H20INO2/c1-2-3-6-13-22-17-8-5-4-7-16(17)18(21)20-15-11-9-14(19)10-12-15/h4-5,7-12H,2-3,6,13H2,1H3,(H,20,21). The third-order valence-electron chi connectivity index (χ3n) is 3.24. The van der Waals surface area contributed by atoms with Gasteiger partial charge in [0.1, 0.15) is 5.75 Å². The fourth-order valence-corrected chi connectivity index (χ4v) is 2.41. The lowest BCUT2D eigenvalue weighted by Gasteiger charge is -2.11. The highest BCUT2D eigenvalue weighted by Gasteiger charge is 2.12. The van der Waals surface area contributed by atoms with Gasteiger partial charge in [-0.3, -0.25) is 4.79 Å². The van der Waals surface area contributed by atoms with Gasteiger partial charge in [-0.15, -0.1) is 0 Å². The van der Waals surface area contributed by atoms with E-state index in [2.05, 4.69) is 34.8 Å². The highest BCUT2D eigenvalue weighted by molar-refractivity contribution is 14.1. The van der Waals surface area contributed by atoms with E-state index in [9.17, 15) is 4.79 Å². The van der Waals surface area contributed by atoms with Crippen LogP contribution in [-0.2, 0) is 0 Å². The van der Waals surface area contributed by atoms with E-state index >= 15 is 0 Å². The molecule has 0 aliphatic carbocycles. The molecule has 0 aliphatic heterocycles. The van der Waals surface area contributed by atoms with Crippen LogP contribution in [0.15, 0.2) is 48.5 Å². The summed E-state index contributed by atoms with van der Waals surface area (Å²) in [6.07, 6.45) is 3.29. The van der Waals surface area contributed by atoms with Crippen molar-refractivity contribution in [2.24, 2.45) is 0 Å². The van der Waals surface area contributed by atoms with E-state index < -0.39 is 0 Å². The van der Waals surface area contributed by atoms with Gasteiger partial charge in [-0.2, -0.15) is 0 Å². The van der Waals surface area contributed by atoms with Gasteiger partial charge in [-0.25, -0.2) is 0 Å². The van der Waals surface area contributed by atoms with Crippen molar-refractivity contribution < 1.29 is 9.53 Å². The Morgan fingerprint density at radius 1 is 1.09 bits per heavy atom. The topological polar surface area (TPSA) is 38.3 Å². The first-order valence-electron chi connectivity index (χ1n) is 7.49. The Labute approximate surface area is 145 Å². The van der Waals surface area contributed by atoms with Crippen LogP contribution in [0.4, 0.5) is 5.69 Å². The molecule has 4 heteroatoms. The molecular weight excluding hydrogens is 389 g/mol. The van der Waals surface area contributed by atoms with Crippen LogP contribution in [0.25, 0.3) is 0 Å². The van der Waals surface area contributed by atoms with Crippen LogP contribution < -0.4 is 10.1 Å². The van der Waals surface area contributed by atoms with Crippen LogP contribution in [0.1, 0.15) is 36.5 Å². The smallest absolute Gasteiger partial charge is 0.259 e. The molecular formula is C18H20INO2. The Kier molecular flexibility index (Phi) is 6.71. The monoisotopic (exact) mass is 409 g/mol. The molecule has 0 radical (unpaired) electrons. The van der Waals surface area contributed by atoms with Crippen LogP contribution in [0.2, 0.25) is 0 Å². The van der Waals surface area contributed by atoms with Crippen LogP contribution in [0, 0.1) is 3.57 Å². The first-order chi connectivity index (χ1) is 10.7. The predicted octanol–water partition coefficient (Wildman–Crippen LogP) is 5.11. The number of amides is 1. The van der Waals surface area contributed by atoms with Crippen molar-refractivity contribution in [1.82, 2.24) is 0 Å². The van der Waals surface area contributed by atoms with Crippen molar-refractivity contribution in [2.75, 3.05) is 11.9 Å². The Bertz CT molecular complexity index is 611. The zero-order valence-electron chi connectivity index (χ0n) is 12.6. The summed E-state index contributed by atoms with van der Waals surface area (Å²) in [6.45, 7) is 2.80. The molecule has 1 N–H and O–H groups in total. The lowest BCUT2D eigenvalue weighted by molar-refractivity contribution is 0.102. The summed E-state index contributed by atoms with van der Waals surface area (Å²) >= 11 is 2.24. The largest absolute Gasteiger partial charge is 0.493 e. The van der Waals surface area contributed by atoms with E-state index in [0.29, 0.717) is 17.9 Å². The van der Waals surface area contributed by atoms with Gasteiger partial charge in [-0.05, 0) is 65.4 Å². The summed E-state index contributed by atoms with van der Waals surface area (Å²) in [7, 11) is 0. The molecule has 0 aromatic heterocycles. The van der Waals surface area contributed by atoms with Gasteiger partial charge in [0, 0.05) is 9.26 Å². The summed E-state index contributed by atoms with van der Waals surface area (Å²) in [5.41, 5.74) is 1.35. The molecule has 0 unspecified atom stereocenters. The number of para-hydroxylation sites is 1. The van der Waals surface area contributed by atoms with Gasteiger partial charge in [0.2, 0.25) is 0 Å². The molecule has 3 nitrogen and oxygen atoms in total. The fraction of sp³-hybridized carbons (Fsp3) is 0.278. The quantitative estimate of drug-likeness (QED) is 0.510. The van der Waals surface area contributed by atoms with Crippen LogP contribution in [0.5, 0.6) is 5.75 Å². The Balaban J connectivity index is 2.03. The number of ether oxygens (including phenoxy) is 1. The molecule has 0 bridgehead atoms. The van der Waals surface area contributed by atoms with Gasteiger partial charge < -0.3 is 10.1 Å². The van der Waals surface area contributed by atoms with Crippen molar-refractivity contribution >= 4 is 34.2 Å². The molecule has 116 valence electrons. The Morgan fingerprint density at radius 3 is 2.55 bits per heavy atom. The normalized spacial score (nSPS) is 10.3. The number of anilines is 1. The van der Waals surface area contributed by atoms with Crippen molar-refractivity contribution in [3.05, 3.63) is 57.7 Å². The molecule has 1 amide bonds. The summed E-state index contributed by atoms with van der Waals surface area (Å²) in [6, 6.07) is 15.1. The summed E-state index contributed by atoms with van der Waals surface area (Å²) in [5.74, 6) is 0.494. The zero-order valence-corrected chi connectivity index (χ0v) is 14.8. The maximum atomic E-state index is 12.4. The van der Waals surface area contributed by atoms with E-state index in [-0.39, 0.29) is 5.91 Å². The third-order valence-corrected chi connectivity index (χ3v) is 3.96. The highest BCUT2D eigenvalue weighted by Crippen LogP contribution is 2.20. The van der Waals surface area contributed by atoms with Gasteiger partial charge in [0.25, 0.3) is 5.91 Å². The molecule has 0 saturated heterocycles. The molecule has 2 rings (SSSR count). The zero-order chi connectivity index (χ0) is 15.8. The SMILES string of the molecule is CCCCCOc1ccccc1C(=O)Nc1ccc(I)cc1. The van der Waals surface area contributed by atoms with E-state index in [1.165, 1.54) is 0 Å². The second-order valence-electron chi connectivity index (χ2n) is 5.01. The molecule has 2 aromatic carbocycles. The molecule has 2 aromatic rings. The number of hydrogen-bond acceptors (Lipinski definition) is 2. The molecule has 22 heavy (non-hydrogen) atoms. The van der Waals surface area contributed by atoms with Gasteiger partial charge >= 0.3 is 0 Å². The second kappa shape index (κ2) is 8.78. The number of carbonyl (C=O) groups excluding carboxylic acids is 1. The highest BCUT2D eigenvalue weighted by atomic mass is 127. The van der Waals surface area contributed by atoms with Gasteiger partial charge in [0.05, 0.1) is 12.2 Å². The number of carbonyl (C=O) groups is 1. The van der Waals surface area contributed by atoms with Crippen molar-refractivity contribution in [3.8, 4) is 5.75 Å². The summed E-state index contributed by atoms with van der Waals surface area (Å²) in [4.78, 5) is 12.4. The maximum absolute atomic E-state index is 12.4. The molecule has 0 fully saturated rings. The summed E-state index contributed by atoms with van der Waals surface area (Å²) in [5, 5.41) is 2.91. The van der Waals surface area contributed by atoms with E-state index in [1.54, 1.807) is 6.07 Å². The van der Waals surface area contributed by atoms with E-state index in [0.717, 1.165) is 28.5 Å². The average molecular weight is 409 g/mol. The van der Waals surface area contributed by atoms with Crippen LogP contribution >= 0.6 is 22.6 Å². The second-order valence-corrected chi connectivity index (χ2v) is 6.26. The minimum Gasteiger partial charge on any atom is -0.493 e.